The number of carbonyl (C=O) groups is 4. The second-order valence-corrected chi connectivity index (χ2v) is 8.18. The largest absolute Gasteiger partial charge is 0.480 e. The molecule has 9 heteroatoms. The highest BCUT2D eigenvalue weighted by molar-refractivity contribution is 7.81. The summed E-state index contributed by atoms with van der Waals surface area (Å²) in [6.45, 7) is 0.280. The zero-order valence-electron chi connectivity index (χ0n) is 15.5. The van der Waals surface area contributed by atoms with Gasteiger partial charge in [0.2, 0.25) is 5.91 Å². The van der Waals surface area contributed by atoms with E-state index in [2.05, 4.69) is 30.6 Å². The van der Waals surface area contributed by atoms with Gasteiger partial charge in [-0.2, -0.15) is 25.3 Å². The maximum absolute atomic E-state index is 12.7. The van der Waals surface area contributed by atoms with Crippen LogP contribution in [0, 0.1) is 5.41 Å². The first-order valence-electron chi connectivity index (χ1n) is 9.38. The molecule has 0 radical (unpaired) electrons. The number of carboxylic acids is 1. The molecular formula is C18H30N2O5S2. The molecule has 1 saturated carbocycles. The maximum Gasteiger partial charge on any atom is 0.320 e. The zero-order valence-corrected chi connectivity index (χ0v) is 17.3. The number of carboxylic acid groups (broad SMARTS) is 1. The summed E-state index contributed by atoms with van der Waals surface area (Å²) < 4.78 is 0. The number of nitrogens with one attached hydrogen (secondary N) is 1. The van der Waals surface area contributed by atoms with Gasteiger partial charge in [0.25, 0.3) is 0 Å². The van der Waals surface area contributed by atoms with Crippen molar-refractivity contribution >= 4 is 48.7 Å². The van der Waals surface area contributed by atoms with Crippen molar-refractivity contribution in [1.29, 1.82) is 0 Å². The van der Waals surface area contributed by atoms with Crippen LogP contribution in [-0.2, 0) is 19.2 Å². The van der Waals surface area contributed by atoms with Crippen molar-refractivity contribution in [1.82, 2.24) is 5.32 Å². The molecule has 1 aliphatic carbocycles. The Morgan fingerprint density at radius 1 is 1.11 bits per heavy atom. The number of amides is 1. The first-order valence-corrected chi connectivity index (χ1v) is 10.5. The predicted octanol–water partition coefficient (Wildman–Crippen LogP) is 1.39. The minimum absolute atomic E-state index is 0.112. The van der Waals surface area contributed by atoms with E-state index < -0.39 is 23.3 Å². The van der Waals surface area contributed by atoms with Crippen molar-refractivity contribution in [2.45, 2.75) is 69.1 Å². The highest BCUT2D eigenvalue weighted by atomic mass is 32.1. The van der Waals surface area contributed by atoms with Crippen molar-refractivity contribution in [3.05, 3.63) is 0 Å². The van der Waals surface area contributed by atoms with Crippen molar-refractivity contribution in [2.75, 3.05) is 12.3 Å². The Hall–Kier alpha value is -1.06. The van der Waals surface area contributed by atoms with Gasteiger partial charge in [-0.05, 0) is 44.3 Å². The molecule has 4 N–H and O–H groups in total. The van der Waals surface area contributed by atoms with E-state index in [1.165, 1.54) is 0 Å². The second kappa shape index (κ2) is 11.7. The van der Waals surface area contributed by atoms with Gasteiger partial charge in [-0.3, -0.25) is 19.2 Å². The van der Waals surface area contributed by atoms with Crippen molar-refractivity contribution in [3.63, 3.8) is 0 Å². The van der Waals surface area contributed by atoms with Gasteiger partial charge in [-0.15, -0.1) is 0 Å². The van der Waals surface area contributed by atoms with Crippen LogP contribution in [0.25, 0.3) is 0 Å². The van der Waals surface area contributed by atoms with Crippen LogP contribution >= 0.6 is 25.3 Å². The minimum atomic E-state index is -1.56. The number of ketones is 2. The van der Waals surface area contributed by atoms with Crippen LogP contribution in [0.5, 0.6) is 0 Å². The van der Waals surface area contributed by atoms with Crippen LogP contribution in [0.1, 0.15) is 57.8 Å². The summed E-state index contributed by atoms with van der Waals surface area (Å²) in [6.07, 6.45) is 3.92. The Balaban J connectivity index is 2.56. The summed E-state index contributed by atoms with van der Waals surface area (Å²) in [6, 6.07) is -0.920. The third kappa shape index (κ3) is 6.80. The standard InChI is InChI=1S/C18H30N2O5S2/c19-13(16(23)24)5-1-2-10-20-17(25)18(14(21)6-7-15(18)22)9-3-4-12(27)8-11-26/h12-13,26-27H,1-11,19H2,(H,20,25)(H,23,24)/t12-,13-/m0/s1. The fourth-order valence-corrected chi connectivity index (χ4v) is 4.14. The van der Waals surface area contributed by atoms with Crippen molar-refractivity contribution in [3.8, 4) is 0 Å². The maximum atomic E-state index is 12.7. The molecule has 1 rings (SSSR count). The molecule has 0 aliphatic heterocycles. The Kier molecular flexibility index (Phi) is 10.4. The quantitative estimate of drug-likeness (QED) is 0.175. The lowest BCUT2D eigenvalue weighted by Gasteiger charge is -2.25. The molecule has 1 aliphatic rings. The van der Waals surface area contributed by atoms with E-state index in [0.29, 0.717) is 37.9 Å². The van der Waals surface area contributed by atoms with Crippen molar-refractivity contribution in [2.24, 2.45) is 11.1 Å². The van der Waals surface area contributed by atoms with Crippen molar-refractivity contribution < 1.29 is 24.3 Å². The summed E-state index contributed by atoms with van der Waals surface area (Å²) in [5, 5.41) is 11.6. The van der Waals surface area contributed by atoms with Crippen LogP contribution in [0.3, 0.4) is 0 Å². The topological polar surface area (TPSA) is 127 Å². The van der Waals surface area contributed by atoms with Crippen LogP contribution < -0.4 is 11.1 Å². The van der Waals surface area contributed by atoms with Gasteiger partial charge in [0.05, 0.1) is 0 Å². The lowest BCUT2D eigenvalue weighted by Crippen LogP contribution is -2.48. The van der Waals surface area contributed by atoms with Gasteiger partial charge in [-0.1, -0.05) is 6.42 Å². The average molecular weight is 419 g/mol. The fraction of sp³-hybridized carbons (Fsp3) is 0.778. The number of aliphatic carboxylic acids is 1. The van der Waals surface area contributed by atoms with E-state index in [-0.39, 0.29) is 42.6 Å². The number of thiol groups is 2. The molecule has 2 atom stereocenters. The molecule has 0 saturated heterocycles. The highest BCUT2D eigenvalue weighted by Gasteiger charge is 2.54. The smallest absolute Gasteiger partial charge is 0.320 e. The van der Waals surface area contributed by atoms with Gasteiger partial charge in [0, 0.05) is 24.6 Å². The van der Waals surface area contributed by atoms with Gasteiger partial charge >= 0.3 is 5.97 Å². The first-order chi connectivity index (χ1) is 12.8. The fourth-order valence-electron chi connectivity index (χ4n) is 3.32. The molecule has 0 aromatic rings. The third-order valence-electron chi connectivity index (χ3n) is 5.01. The third-order valence-corrected chi connectivity index (χ3v) is 5.79. The minimum Gasteiger partial charge on any atom is -0.480 e. The predicted molar refractivity (Wildman–Crippen MR) is 109 cm³/mol. The molecule has 27 heavy (non-hydrogen) atoms. The molecule has 0 bridgehead atoms. The van der Waals surface area contributed by atoms with Crippen LogP contribution in [0.2, 0.25) is 0 Å². The van der Waals surface area contributed by atoms with Gasteiger partial charge in [-0.25, -0.2) is 0 Å². The van der Waals surface area contributed by atoms with E-state index in [9.17, 15) is 19.2 Å². The molecule has 0 aromatic carbocycles. The van der Waals surface area contributed by atoms with Crippen LogP contribution in [0.15, 0.2) is 0 Å². The summed E-state index contributed by atoms with van der Waals surface area (Å²) in [5.41, 5.74) is 3.87. The van der Waals surface area contributed by atoms with E-state index in [1.807, 2.05) is 0 Å². The zero-order chi connectivity index (χ0) is 20.4. The van der Waals surface area contributed by atoms with Gasteiger partial charge in [0.1, 0.15) is 6.04 Å². The molecule has 7 nitrogen and oxygen atoms in total. The Morgan fingerprint density at radius 3 is 2.30 bits per heavy atom. The lowest BCUT2D eigenvalue weighted by atomic mass is 9.78. The Labute approximate surface area is 171 Å². The SMILES string of the molecule is N[C@@H](CCCCNC(=O)C1(CCC[C@H](S)CCS)C(=O)CCC1=O)C(=O)O. The number of unbranched alkanes of at least 4 members (excludes halogenated alkanes) is 1. The highest BCUT2D eigenvalue weighted by Crippen LogP contribution is 2.37. The molecule has 1 fully saturated rings. The number of Topliss-reactive ketones (excluding diaryl/α,β-unsaturated/α-hetero) is 2. The first kappa shape index (κ1) is 24.0. The Morgan fingerprint density at radius 2 is 1.74 bits per heavy atom. The van der Waals surface area contributed by atoms with E-state index in [4.69, 9.17) is 10.8 Å². The summed E-state index contributed by atoms with van der Waals surface area (Å²) >= 11 is 8.61. The number of hydrogen-bond acceptors (Lipinski definition) is 7. The number of hydrogen-bond donors (Lipinski definition) is 5. The summed E-state index contributed by atoms with van der Waals surface area (Å²) in [5.74, 6) is -1.47. The molecular weight excluding hydrogens is 388 g/mol. The van der Waals surface area contributed by atoms with E-state index in [0.717, 1.165) is 6.42 Å². The van der Waals surface area contributed by atoms with Crippen LogP contribution in [0.4, 0.5) is 0 Å². The molecule has 0 unspecified atom stereocenters. The second-order valence-electron chi connectivity index (χ2n) is 7.01. The lowest BCUT2D eigenvalue weighted by molar-refractivity contribution is -0.147. The molecule has 0 heterocycles. The molecule has 154 valence electrons. The normalized spacial score (nSPS) is 18.3. The Bertz CT molecular complexity index is 540. The number of nitrogens with two attached hydrogens (primary N) is 1. The average Bonchev–Trinajstić information content (AvgIpc) is 2.90. The van der Waals surface area contributed by atoms with Gasteiger partial charge < -0.3 is 16.2 Å². The van der Waals surface area contributed by atoms with E-state index >= 15 is 0 Å². The molecule has 1 amide bonds. The van der Waals surface area contributed by atoms with Gasteiger partial charge in [0.15, 0.2) is 17.0 Å². The number of rotatable bonds is 13. The molecule has 0 aromatic heterocycles. The monoisotopic (exact) mass is 418 g/mol. The summed E-state index contributed by atoms with van der Waals surface area (Å²) in [4.78, 5) is 48.2. The summed E-state index contributed by atoms with van der Waals surface area (Å²) in [7, 11) is 0. The van der Waals surface area contributed by atoms with Crippen LogP contribution in [-0.4, -0.2) is 52.1 Å². The number of carbonyl (C=O) groups excluding carboxylic acids is 3. The van der Waals surface area contributed by atoms with E-state index in [1.54, 1.807) is 0 Å². The molecule has 0 spiro atoms.